The number of aromatic nitrogens is 5. The molecule has 7 heteroatoms. The summed E-state index contributed by atoms with van der Waals surface area (Å²) in [6, 6.07) is 18.4. The van der Waals surface area contributed by atoms with Gasteiger partial charge >= 0.3 is 0 Å². The van der Waals surface area contributed by atoms with Crippen molar-refractivity contribution in [2.45, 2.75) is 24.1 Å². The van der Waals surface area contributed by atoms with Gasteiger partial charge in [-0.05, 0) is 47.7 Å². The fourth-order valence-corrected chi connectivity index (χ4v) is 3.76. The van der Waals surface area contributed by atoms with E-state index in [-0.39, 0.29) is 0 Å². The number of rotatable bonds is 5. The van der Waals surface area contributed by atoms with E-state index in [1.165, 1.54) is 10.5 Å². The average molecular weight is 382 g/mol. The van der Waals surface area contributed by atoms with Crippen molar-refractivity contribution >= 4 is 34.3 Å². The van der Waals surface area contributed by atoms with Crippen LogP contribution in [-0.2, 0) is 12.3 Å². The van der Waals surface area contributed by atoms with Crippen LogP contribution >= 0.6 is 23.4 Å². The molecule has 4 rings (SSSR count). The zero-order chi connectivity index (χ0) is 17.9. The Morgan fingerprint density at radius 1 is 1.08 bits per heavy atom. The normalized spacial score (nSPS) is 11.2. The predicted octanol–water partition coefficient (Wildman–Crippen LogP) is 4.52. The minimum absolute atomic E-state index is 0.485. The van der Waals surface area contributed by atoms with Crippen molar-refractivity contribution in [1.82, 2.24) is 25.2 Å². The summed E-state index contributed by atoms with van der Waals surface area (Å²) in [6.07, 6.45) is 0. The van der Waals surface area contributed by atoms with Gasteiger partial charge in [-0.3, -0.25) is 0 Å². The number of tetrazole rings is 1. The Kier molecular flexibility index (Phi) is 4.86. The van der Waals surface area contributed by atoms with Crippen molar-refractivity contribution in [3.05, 3.63) is 76.7 Å². The highest BCUT2D eigenvalue weighted by Gasteiger charge is 2.11. The van der Waals surface area contributed by atoms with Crippen molar-refractivity contribution in [3.63, 3.8) is 0 Å². The molecule has 0 amide bonds. The van der Waals surface area contributed by atoms with Crippen LogP contribution in [0.2, 0.25) is 5.15 Å². The molecule has 0 atom stereocenters. The number of hydrogen-bond acceptors (Lipinski definition) is 5. The summed E-state index contributed by atoms with van der Waals surface area (Å²) in [4.78, 5) is 5.68. The molecule has 4 aromatic rings. The number of benzene rings is 2. The zero-order valence-electron chi connectivity index (χ0n) is 14.1. The van der Waals surface area contributed by atoms with Gasteiger partial charge in [0.15, 0.2) is 5.82 Å². The molecule has 5 nitrogen and oxygen atoms in total. The molecule has 0 N–H and O–H groups in total. The molecule has 0 saturated carbocycles. The maximum atomic E-state index is 6.39. The van der Waals surface area contributed by atoms with E-state index in [1.54, 1.807) is 16.4 Å². The molecule has 0 aliphatic heterocycles. The summed E-state index contributed by atoms with van der Waals surface area (Å²) >= 11 is 8.09. The van der Waals surface area contributed by atoms with E-state index in [0.717, 1.165) is 22.3 Å². The maximum Gasteiger partial charge on any atom is 0.161 e. The van der Waals surface area contributed by atoms with Gasteiger partial charge in [0.2, 0.25) is 0 Å². The van der Waals surface area contributed by atoms with Crippen LogP contribution in [-0.4, -0.2) is 25.2 Å². The second-order valence-electron chi connectivity index (χ2n) is 5.99. The molecule has 0 unspecified atom stereocenters. The monoisotopic (exact) mass is 381 g/mol. The average Bonchev–Trinajstić information content (AvgIpc) is 3.09. The first-order chi connectivity index (χ1) is 12.7. The van der Waals surface area contributed by atoms with Gasteiger partial charge in [-0.2, -0.15) is 0 Å². The van der Waals surface area contributed by atoms with Crippen molar-refractivity contribution < 1.29 is 0 Å². The quantitative estimate of drug-likeness (QED) is 0.375. The Labute approximate surface area is 160 Å². The molecule has 2 aromatic carbocycles. The SMILES string of the molecule is Cc1ccc2nc(Cl)c(Cn3nnnc3CSc3ccccc3)cc2c1. The highest BCUT2D eigenvalue weighted by atomic mass is 35.5. The fraction of sp³-hybridized carbons (Fsp3) is 0.158. The van der Waals surface area contributed by atoms with E-state index >= 15 is 0 Å². The van der Waals surface area contributed by atoms with Gasteiger partial charge in [-0.15, -0.1) is 16.9 Å². The van der Waals surface area contributed by atoms with Crippen molar-refractivity contribution in [1.29, 1.82) is 0 Å². The third kappa shape index (κ3) is 3.71. The minimum atomic E-state index is 0.485. The van der Waals surface area contributed by atoms with E-state index in [9.17, 15) is 0 Å². The Hall–Kier alpha value is -2.44. The first kappa shape index (κ1) is 17.0. The molecular formula is C19H16ClN5S. The molecule has 2 aromatic heterocycles. The molecule has 0 aliphatic rings. The third-order valence-corrected chi connectivity index (χ3v) is 5.37. The smallest absolute Gasteiger partial charge is 0.161 e. The van der Waals surface area contributed by atoms with E-state index < -0.39 is 0 Å². The summed E-state index contributed by atoms with van der Waals surface area (Å²) in [6.45, 7) is 2.56. The number of thioether (sulfide) groups is 1. The summed E-state index contributed by atoms with van der Waals surface area (Å²) in [7, 11) is 0. The molecule has 0 spiro atoms. The van der Waals surface area contributed by atoms with Crippen LogP contribution in [0.5, 0.6) is 0 Å². The van der Waals surface area contributed by atoms with Crippen molar-refractivity contribution in [3.8, 4) is 0 Å². The Balaban J connectivity index is 1.57. The van der Waals surface area contributed by atoms with Crippen LogP contribution in [0.25, 0.3) is 10.9 Å². The van der Waals surface area contributed by atoms with Crippen molar-refractivity contribution in [2.24, 2.45) is 0 Å². The lowest BCUT2D eigenvalue weighted by molar-refractivity contribution is 0.630. The zero-order valence-corrected chi connectivity index (χ0v) is 15.7. The lowest BCUT2D eigenvalue weighted by Gasteiger charge is -2.08. The molecule has 0 saturated heterocycles. The molecule has 0 fully saturated rings. The standard InChI is InChI=1S/C19H16ClN5S/c1-13-7-8-17-14(9-13)10-15(19(20)21-17)11-25-18(22-23-24-25)12-26-16-5-3-2-4-6-16/h2-10H,11-12H2,1H3. The van der Waals surface area contributed by atoms with Gasteiger partial charge in [0, 0.05) is 15.8 Å². The van der Waals surface area contributed by atoms with Gasteiger partial charge in [0.25, 0.3) is 0 Å². The largest absolute Gasteiger partial charge is 0.236 e. The summed E-state index contributed by atoms with van der Waals surface area (Å²) in [5.74, 6) is 1.49. The highest BCUT2D eigenvalue weighted by Crippen LogP contribution is 2.24. The summed E-state index contributed by atoms with van der Waals surface area (Å²) in [5.41, 5.74) is 2.99. The number of fused-ring (bicyclic) bond motifs is 1. The fourth-order valence-electron chi connectivity index (χ4n) is 2.70. The number of nitrogens with zero attached hydrogens (tertiary/aromatic N) is 5. The molecule has 130 valence electrons. The van der Waals surface area contributed by atoms with E-state index in [2.05, 4.69) is 51.7 Å². The summed E-state index contributed by atoms with van der Waals surface area (Å²) < 4.78 is 1.78. The van der Waals surface area contributed by atoms with E-state index in [4.69, 9.17) is 11.6 Å². The Bertz CT molecular complexity index is 1050. The molecule has 0 bridgehead atoms. The third-order valence-electron chi connectivity index (χ3n) is 4.03. The topological polar surface area (TPSA) is 56.5 Å². The van der Waals surface area contributed by atoms with Gasteiger partial charge in [-0.1, -0.05) is 41.4 Å². The lowest BCUT2D eigenvalue weighted by atomic mass is 10.1. The predicted molar refractivity (Wildman–Crippen MR) is 104 cm³/mol. The van der Waals surface area contributed by atoms with Gasteiger partial charge in [-0.25, -0.2) is 9.67 Å². The van der Waals surface area contributed by atoms with Crippen LogP contribution in [0.4, 0.5) is 0 Å². The van der Waals surface area contributed by atoms with Gasteiger partial charge < -0.3 is 0 Å². The molecule has 0 radical (unpaired) electrons. The first-order valence-electron chi connectivity index (χ1n) is 8.18. The number of hydrogen-bond donors (Lipinski definition) is 0. The van der Waals surface area contributed by atoms with Crippen molar-refractivity contribution in [2.75, 3.05) is 0 Å². The Morgan fingerprint density at radius 2 is 1.92 bits per heavy atom. The highest BCUT2D eigenvalue weighted by molar-refractivity contribution is 7.98. The summed E-state index contributed by atoms with van der Waals surface area (Å²) in [5, 5.41) is 13.6. The van der Waals surface area contributed by atoms with Gasteiger partial charge in [0.05, 0.1) is 17.8 Å². The van der Waals surface area contributed by atoms with E-state index in [0.29, 0.717) is 17.5 Å². The second kappa shape index (κ2) is 7.43. The number of halogens is 1. The maximum absolute atomic E-state index is 6.39. The first-order valence-corrected chi connectivity index (χ1v) is 9.54. The van der Waals surface area contributed by atoms with Crippen LogP contribution in [0.15, 0.2) is 59.5 Å². The van der Waals surface area contributed by atoms with E-state index in [1.807, 2.05) is 30.3 Å². The van der Waals surface area contributed by atoms with Crippen LogP contribution in [0, 0.1) is 6.92 Å². The van der Waals surface area contributed by atoms with Gasteiger partial charge in [0.1, 0.15) is 5.15 Å². The minimum Gasteiger partial charge on any atom is -0.236 e. The molecule has 0 aliphatic carbocycles. The molecule has 26 heavy (non-hydrogen) atoms. The molecular weight excluding hydrogens is 366 g/mol. The molecule has 2 heterocycles. The lowest BCUT2D eigenvalue weighted by Crippen LogP contribution is -2.07. The second-order valence-corrected chi connectivity index (χ2v) is 7.40. The Morgan fingerprint density at radius 3 is 2.77 bits per heavy atom. The van der Waals surface area contributed by atoms with Crippen LogP contribution < -0.4 is 0 Å². The number of pyridine rings is 1. The van der Waals surface area contributed by atoms with Crippen LogP contribution in [0.1, 0.15) is 17.0 Å². The van der Waals surface area contributed by atoms with Crippen LogP contribution in [0.3, 0.4) is 0 Å². The number of aryl methyl sites for hydroxylation is 1.